The van der Waals surface area contributed by atoms with Gasteiger partial charge in [-0.1, -0.05) is 48.5 Å². The number of pyridine rings is 1. The van der Waals surface area contributed by atoms with Gasteiger partial charge in [-0.15, -0.1) is 6.58 Å². The molecule has 3 aromatic rings. The minimum Gasteiger partial charge on any atom is -0.384 e. The van der Waals surface area contributed by atoms with Crippen molar-refractivity contribution in [3.8, 4) is 11.3 Å². The fraction of sp³-hybridized carbons (Fsp3) is 0.0556. The molecule has 0 aliphatic heterocycles. The van der Waals surface area contributed by atoms with Crippen LogP contribution in [0, 0.1) is 0 Å². The summed E-state index contributed by atoms with van der Waals surface area (Å²) in [5, 5.41) is 11.0. The van der Waals surface area contributed by atoms with Crippen molar-refractivity contribution in [2.24, 2.45) is 0 Å². The van der Waals surface area contributed by atoms with Gasteiger partial charge in [-0.05, 0) is 23.8 Å². The Labute approximate surface area is 118 Å². The molecular weight excluding hydrogens is 246 g/mol. The van der Waals surface area contributed by atoms with Gasteiger partial charge in [0.25, 0.3) is 0 Å². The van der Waals surface area contributed by atoms with Crippen molar-refractivity contribution in [3.63, 3.8) is 0 Å². The molecule has 0 saturated heterocycles. The van der Waals surface area contributed by atoms with Crippen LogP contribution in [0.3, 0.4) is 0 Å². The molecular formula is C18H15NO. The molecule has 1 atom stereocenters. The van der Waals surface area contributed by atoms with Gasteiger partial charge >= 0.3 is 0 Å². The average molecular weight is 261 g/mol. The quantitative estimate of drug-likeness (QED) is 0.719. The molecule has 1 aromatic heterocycles. The molecule has 0 radical (unpaired) electrons. The van der Waals surface area contributed by atoms with Gasteiger partial charge in [0.15, 0.2) is 0 Å². The lowest BCUT2D eigenvalue weighted by Gasteiger charge is -2.08. The standard InChI is InChI=1S/C18H15NO/c1-2-18(20)15-8-5-7-14(12-15)17-11-10-13-6-3-4-9-16(13)19-17/h2-12,18,20H,1H2. The molecule has 1 heterocycles. The first-order valence-corrected chi connectivity index (χ1v) is 6.55. The Morgan fingerprint density at radius 2 is 1.85 bits per heavy atom. The highest BCUT2D eigenvalue weighted by Gasteiger charge is 2.06. The van der Waals surface area contributed by atoms with E-state index in [4.69, 9.17) is 0 Å². The first-order chi connectivity index (χ1) is 9.78. The van der Waals surface area contributed by atoms with Crippen LogP contribution in [0.2, 0.25) is 0 Å². The summed E-state index contributed by atoms with van der Waals surface area (Å²) in [5.41, 5.74) is 3.70. The fourth-order valence-electron chi connectivity index (χ4n) is 2.24. The fourth-order valence-corrected chi connectivity index (χ4v) is 2.24. The zero-order valence-corrected chi connectivity index (χ0v) is 11.0. The number of para-hydroxylation sites is 1. The van der Waals surface area contributed by atoms with E-state index in [0.717, 1.165) is 27.7 Å². The van der Waals surface area contributed by atoms with E-state index in [1.807, 2.05) is 54.6 Å². The predicted octanol–water partition coefficient (Wildman–Crippen LogP) is 4.12. The van der Waals surface area contributed by atoms with E-state index in [9.17, 15) is 5.11 Å². The lowest BCUT2D eigenvalue weighted by Crippen LogP contribution is -1.93. The van der Waals surface area contributed by atoms with Gasteiger partial charge < -0.3 is 5.11 Å². The van der Waals surface area contributed by atoms with E-state index in [1.54, 1.807) is 0 Å². The maximum atomic E-state index is 9.83. The maximum Gasteiger partial charge on any atom is 0.0969 e. The second-order valence-corrected chi connectivity index (χ2v) is 4.70. The third-order valence-corrected chi connectivity index (χ3v) is 3.35. The first kappa shape index (κ1) is 12.6. The van der Waals surface area contributed by atoms with Gasteiger partial charge in [0.2, 0.25) is 0 Å². The van der Waals surface area contributed by atoms with Crippen molar-refractivity contribution < 1.29 is 5.11 Å². The molecule has 0 bridgehead atoms. The van der Waals surface area contributed by atoms with Gasteiger partial charge in [-0.2, -0.15) is 0 Å². The summed E-state index contributed by atoms with van der Waals surface area (Å²) in [6, 6.07) is 19.9. The van der Waals surface area contributed by atoms with E-state index in [-0.39, 0.29) is 0 Å². The first-order valence-electron chi connectivity index (χ1n) is 6.55. The third-order valence-electron chi connectivity index (χ3n) is 3.35. The zero-order chi connectivity index (χ0) is 13.9. The smallest absolute Gasteiger partial charge is 0.0969 e. The highest BCUT2D eigenvalue weighted by molar-refractivity contribution is 5.81. The third kappa shape index (κ3) is 2.33. The lowest BCUT2D eigenvalue weighted by molar-refractivity contribution is 0.229. The summed E-state index contributed by atoms with van der Waals surface area (Å²) >= 11 is 0. The molecule has 2 nitrogen and oxygen atoms in total. The summed E-state index contributed by atoms with van der Waals surface area (Å²) in [6.07, 6.45) is 0.878. The minimum atomic E-state index is -0.643. The van der Waals surface area contributed by atoms with Crippen LogP contribution < -0.4 is 0 Å². The van der Waals surface area contributed by atoms with Crippen LogP contribution in [-0.2, 0) is 0 Å². The Hall–Kier alpha value is -2.45. The van der Waals surface area contributed by atoms with Crippen molar-refractivity contribution in [1.29, 1.82) is 0 Å². The summed E-state index contributed by atoms with van der Waals surface area (Å²) in [6.45, 7) is 3.61. The van der Waals surface area contributed by atoms with E-state index in [0.29, 0.717) is 0 Å². The largest absolute Gasteiger partial charge is 0.384 e. The number of aromatic nitrogens is 1. The summed E-state index contributed by atoms with van der Waals surface area (Å²) in [7, 11) is 0. The van der Waals surface area contributed by atoms with Gasteiger partial charge in [0.05, 0.1) is 17.3 Å². The van der Waals surface area contributed by atoms with Gasteiger partial charge in [-0.25, -0.2) is 4.98 Å². The maximum absolute atomic E-state index is 9.83. The predicted molar refractivity (Wildman–Crippen MR) is 82.3 cm³/mol. The van der Waals surface area contributed by atoms with E-state index in [1.165, 1.54) is 6.08 Å². The van der Waals surface area contributed by atoms with Crippen molar-refractivity contribution >= 4 is 10.9 Å². The molecule has 1 N–H and O–H groups in total. The van der Waals surface area contributed by atoms with Crippen LogP contribution in [-0.4, -0.2) is 10.1 Å². The number of rotatable bonds is 3. The van der Waals surface area contributed by atoms with E-state index >= 15 is 0 Å². The minimum absolute atomic E-state index is 0.643. The molecule has 20 heavy (non-hydrogen) atoms. The van der Waals surface area contributed by atoms with Crippen LogP contribution in [0.1, 0.15) is 11.7 Å². The van der Waals surface area contributed by atoms with Crippen LogP contribution in [0.15, 0.2) is 73.3 Å². The molecule has 0 amide bonds. The Balaban J connectivity index is 2.08. The number of fused-ring (bicyclic) bond motifs is 1. The number of benzene rings is 2. The number of nitrogens with zero attached hydrogens (tertiary/aromatic N) is 1. The molecule has 2 heteroatoms. The Morgan fingerprint density at radius 3 is 2.70 bits per heavy atom. The number of aliphatic hydroxyl groups is 1. The van der Waals surface area contributed by atoms with Crippen molar-refractivity contribution in [1.82, 2.24) is 4.98 Å². The molecule has 0 aliphatic carbocycles. The SMILES string of the molecule is C=CC(O)c1cccc(-c2ccc3ccccc3n2)c1. The number of hydrogen-bond acceptors (Lipinski definition) is 2. The van der Waals surface area contributed by atoms with Crippen LogP contribution >= 0.6 is 0 Å². The Kier molecular flexibility index (Phi) is 3.32. The summed E-state index contributed by atoms with van der Waals surface area (Å²) in [4.78, 5) is 4.66. The molecule has 3 rings (SSSR count). The second kappa shape index (κ2) is 5.27. The molecule has 0 aliphatic rings. The van der Waals surface area contributed by atoms with Gasteiger partial charge in [0, 0.05) is 10.9 Å². The topological polar surface area (TPSA) is 33.1 Å². The van der Waals surface area contributed by atoms with Crippen molar-refractivity contribution in [2.45, 2.75) is 6.10 Å². The average Bonchev–Trinajstić information content (AvgIpc) is 2.53. The van der Waals surface area contributed by atoms with E-state index in [2.05, 4.69) is 17.6 Å². The van der Waals surface area contributed by atoms with Crippen LogP contribution in [0.5, 0.6) is 0 Å². The zero-order valence-electron chi connectivity index (χ0n) is 11.0. The van der Waals surface area contributed by atoms with E-state index < -0.39 is 6.10 Å². The number of aliphatic hydroxyl groups excluding tert-OH is 1. The lowest BCUT2D eigenvalue weighted by atomic mass is 10.0. The molecule has 98 valence electrons. The monoisotopic (exact) mass is 261 g/mol. The van der Waals surface area contributed by atoms with Crippen LogP contribution in [0.4, 0.5) is 0 Å². The highest BCUT2D eigenvalue weighted by Crippen LogP contribution is 2.24. The molecule has 1 unspecified atom stereocenters. The molecule has 0 saturated carbocycles. The van der Waals surface area contributed by atoms with Crippen molar-refractivity contribution in [2.75, 3.05) is 0 Å². The highest BCUT2D eigenvalue weighted by atomic mass is 16.3. The van der Waals surface area contributed by atoms with Crippen molar-refractivity contribution in [3.05, 3.63) is 78.9 Å². The molecule has 0 spiro atoms. The molecule has 2 aromatic carbocycles. The number of hydrogen-bond donors (Lipinski definition) is 1. The Morgan fingerprint density at radius 1 is 1.00 bits per heavy atom. The normalized spacial score (nSPS) is 12.2. The molecule has 0 fully saturated rings. The summed E-state index contributed by atoms with van der Waals surface area (Å²) < 4.78 is 0. The van der Waals surface area contributed by atoms with Gasteiger partial charge in [0.1, 0.15) is 0 Å². The van der Waals surface area contributed by atoms with Crippen LogP contribution in [0.25, 0.3) is 22.2 Å². The summed E-state index contributed by atoms with van der Waals surface area (Å²) in [5.74, 6) is 0. The second-order valence-electron chi connectivity index (χ2n) is 4.70. The Bertz CT molecular complexity index is 764. The van der Waals surface area contributed by atoms with Gasteiger partial charge in [-0.3, -0.25) is 0 Å².